The highest BCUT2D eigenvalue weighted by atomic mass is 32.2. The van der Waals surface area contributed by atoms with E-state index < -0.39 is 28.0 Å². The maximum Gasteiger partial charge on any atom is 0.344 e. The second kappa shape index (κ2) is 4.37. The number of urea groups is 1. The third kappa shape index (κ3) is 2.40. The minimum absolute atomic E-state index is 0.270. The predicted octanol–water partition coefficient (Wildman–Crippen LogP) is -1.78. The van der Waals surface area contributed by atoms with Gasteiger partial charge < -0.3 is 4.90 Å². The molecule has 102 valence electrons. The van der Waals surface area contributed by atoms with E-state index in [9.17, 15) is 23.2 Å². The van der Waals surface area contributed by atoms with Crippen LogP contribution in [0.25, 0.3) is 0 Å². The number of piperidine rings is 1. The van der Waals surface area contributed by atoms with Crippen molar-refractivity contribution in [3.8, 4) is 0 Å². The minimum Gasteiger partial charge on any atom is -0.309 e. The molecule has 2 rings (SSSR count). The molecule has 2 fully saturated rings. The van der Waals surface area contributed by atoms with E-state index in [2.05, 4.69) is 0 Å². The average Bonchev–Trinajstić information content (AvgIpc) is 2.51. The lowest BCUT2D eigenvalue weighted by Gasteiger charge is -2.28. The molecule has 10 heteroatoms. The van der Waals surface area contributed by atoms with Crippen molar-refractivity contribution in [1.29, 1.82) is 0 Å². The number of carbonyl (C=O) groups excluding carboxylic acids is 2. The molecule has 3 amide bonds. The van der Waals surface area contributed by atoms with Gasteiger partial charge in [-0.3, -0.25) is 15.4 Å². The van der Waals surface area contributed by atoms with Gasteiger partial charge in [0.25, 0.3) is 5.91 Å². The van der Waals surface area contributed by atoms with E-state index in [0.29, 0.717) is 17.9 Å². The molecule has 0 aromatic rings. The van der Waals surface area contributed by atoms with Gasteiger partial charge in [0.05, 0.1) is 12.3 Å². The Kier molecular flexibility index (Phi) is 3.17. The Balaban J connectivity index is 2.02. The topological polar surface area (TPSA) is 119 Å². The molecule has 1 unspecified atom stereocenters. The molecule has 0 aliphatic carbocycles. The number of hydroxylamine groups is 2. The number of hydrazine groups is 1. The lowest BCUT2D eigenvalue weighted by molar-refractivity contribution is -0.126. The zero-order valence-electron chi connectivity index (χ0n) is 9.66. The van der Waals surface area contributed by atoms with E-state index in [-0.39, 0.29) is 12.6 Å². The second-order valence-electron chi connectivity index (χ2n) is 4.39. The zero-order chi connectivity index (χ0) is 13.5. The monoisotopic (exact) mass is 278 g/mol. The fraction of sp³-hybridized carbons (Fsp3) is 0.750. The molecule has 0 aromatic carbocycles. The van der Waals surface area contributed by atoms with Crippen molar-refractivity contribution in [2.45, 2.75) is 24.9 Å². The van der Waals surface area contributed by atoms with Gasteiger partial charge in [0.1, 0.15) is 6.04 Å². The molecule has 18 heavy (non-hydrogen) atoms. The molecular weight excluding hydrogens is 264 g/mol. The Labute approximate surface area is 104 Å². The Morgan fingerprint density at radius 2 is 2.11 bits per heavy atom. The Morgan fingerprint density at radius 1 is 1.44 bits per heavy atom. The van der Waals surface area contributed by atoms with Crippen molar-refractivity contribution < 1.29 is 23.2 Å². The van der Waals surface area contributed by atoms with Gasteiger partial charge in [0.15, 0.2) is 0 Å². The summed E-state index contributed by atoms with van der Waals surface area (Å²) in [6.45, 7) is 0.270. The SMILES string of the molecule is CS(=O)(=O)NNC(=O)[C@@H]1CCC2CN1C(=O)N2O. The molecule has 0 aromatic heterocycles. The molecule has 2 bridgehead atoms. The highest BCUT2D eigenvalue weighted by Gasteiger charge is 2.46. The number of nitrogens with one attached hydrogen (secondary N) is 2. The summed E-state index contributed by atoms with van der Waals surface area (Å²) < 4.78 is 21.7. The van der Waals surface area contributed by atoms with Crippen LogP contribution in [0.1, 0.15) is 12.8 Å². The molecule has 0 radical (unpaired) electrons. The van der Waals surface area contributed by atoms with E-state index in [1.165, 1.54) is 4.90 Å². The van der Waals surface area contributed by atoms with Crippen LogP contribution in [0.5, 0.6) is 0 Å². The number of rotatable bonds is 3. The summed E-state index contributed by atoms with van der Waals surface area (Å²) in [5.41, 5.74) is 2.04. The Bertz CT molecular complexity index is 478. The highest BCUT2D eigenvalue weighted by Crippen LogP contribution is 2.28. The van der Waals surface area contributed by atoms with E-state index in [4.69, 9.17) is 0 Å². The van der Waals surface area contributed by atoms with Crippen molar-refractivity contribution in [3.05, 3.63) is 0 Å². The number of hydrogen-bond acceptors (Lipinski definition) is 5. The van der Waals surface area contributed by atoms with E-state index >= 15 is 0 Å². The van der Waals surface area contributed by atoms with Crippen molar-refractivity contribution >= 4 is 22.0 Å². The molecule has 2 saturated heterocycles. The number of nitrogens with zero attached hydrogens (tertiary/aromatic N) is 2. The van der Waals surface area contributed by atoms with E-state index in [1.807, 2.05) is 10.3 Å². The van der Waals surface area contributed by atoms with Gasteiger partial charge in [-0.2, -0.15) is 0 Å². The van der Waals surface area contributed by atoms with Crippen LogP contribution < -0.4 is 10.3 Å². The van der Waals surface area contributed by atoms with E-state index in [0.717, 1.165) is 6.26 Å². The van der Waals surface area contributed by atoms with Gasteiger partial charge in [0, 0.05) is 6.54 Å². The van der Waals surface area contributed by atoms with Gasteiger partial charge in [-0.1, -0.05) is 0 Å². The molecular formula is C8H14N4O5S. The highest BCUT2D eigenvalue weighted by molar-refractivity contribution is 7.88. The quantitative estimate of drug-likeness (QED) is 0.417. The summed E-state index contributed by atoms with van der Waals surface area (Å²) in [4.78, 5) is 26.4. The number of carbonyl (C=O) groups is 2. The fourth-order valence-electron chi connectivity index (χ4n) is 2.15. The summed E-state index contributed by atoms with van der Waals surface area (Å²) in [6.07, 6.45) is 1.78. The van der Waals surface area contributed by atoms with Crippen LogP contribution >= 0.6 is 0 Å². The summed E-state index contributed by atoms with van der Waals surface area (Å²) in [5, 5.41) is 10.0. The van der Waals surface area contributed by atoms with Crippen molar-refractivity contribution in [3.63, 3.8) is 0 Å². The third-order valence-electron chi connectivity index (χ3n) is 3.01. The first-order chi connectivity index (χ1) is 8.29. The fourth-order valence-corrected chi connectivity index (χ4v) is 2.44. The summed E-state index contributed by atoms with van der Waals surface area (Å²) in [7, 11) is -3.54. The lowest BCUT2D eigenvalue weighted by Crippen LogP contribution is -2.53. The van der Waals surface area contributed by atoms with Crippen molar-refractivity contribution in [2.24, 2.45) is 0 Å². The largest absolute Gasteiger partial charge is 0.344 e. The van der Waals surface area contributed by atoms with Crippen LogP contribution in [0.3, 0.4) is 0 Å². The van der Waals surface area contributed by atoms with Crippen LogP contribution in [0.4, 0.5) is 4.79 Å². The number of fused-ring (bicyclic) bond motifs is 2. The number of hydrogen-bond donors (Lipinski definition) is 3. The molecule has 3 N–H and O–H groups in total. The van der Waals surface area contributed by atoms with Crippen LogP contribution in [0, 0.1) is 0 Å². The molecule has 2 heterocycles. The van der Waals surface area contributed by atoms with Crippen LogP contribution in [0.2, 0.25) is 0 Å². The normalized spacial score (nSPS) is 27.6. The van der Waals surface area contributed by atoms with E-state index in [1.54, 1.807) is 0 Å². The summed E-state index contributed by atoms with van der Waals surface area (Å²) in [6, 6.07) is -1.68. The van der Waals surface area contributed by atoms with Gasteiger partial charge in [-0.15, -0.1) is 4.83 Å². The van der Waals surface area contributed by atoms with Gasteiger partial charge in [0.2, 0.25) is 10.0 Å². The number of sulfonamides is 1. The number of amides is 3. The van der Waals surface area contributed by atoms with Crippen LogP contribution in [-0.2, 0) is 14.8 Å². The first-order valence-corrected chi connectivity index (χ1v) is 7.24. The predicted molar refractivity (Wildman–Crippen MR) is 58.7 cm³/mol. The second-order valence-corrected chi connectivity index (χ2v) is 6.14. The first kappa shape index (κ1) is 13.1. The minimum atomic E-state index is -3.54. The summed E-state index contributed by atoms with van der Waals surface area (Å²) >= 11 is 0. The Hall–Kier alpha value is -1.39. The third-order valence-corrected chi connectivity index (χ3v) is 3.48. The van der Waals surface area contributed by atoms with Crippen LogP contribution in [-0.4, -0.2) is 60.4 Å². The average molecular weight is 278 g/mol. The molecule has 2 aliphatic heterocycles. The maximum absolute atomic E-state index is 11.8. The Morgan fingerprint density at radius 3 is 2.72 bits per heavy atom. The molecule has 0 spiro atoms. The maximum atomic E-state index is 11.8. The molecule has 2 aliphatic rings. The molecule has 9 nitrogen and oxygen atoms in total. The van der Waals surface area contributed by atoms with Crippen LogP contribution in [0.15, 0.2) is 0 Å². The summed E-state index contributed by atoms with van der Waals surface area (Å²) in [5.74, 6) is -0.609. The molecule has 0 saturated carbocycles. The van der Waals surface area contributed by atoms with Crippen molar-refractivity contribution in [1.82, 2.24) is 20.2 Å². The molecule has 2 atom stereocenters. The van der Waals surface area contributed by atoms with Crippen molar-refractivity contribution in [2.75, 3.05) is 12.8 Å². The standard InChI is InChI=1S/C8H14N4O5S/c1-18(16,17)10-9-7(13)6-3-2-5-4-11(6)8(14)12(5)15/h5-6,10,15H,2-4H2,1H3,(H,9,13)/t5?,6-/m0/s1. The van der Waals surface area contributed by atoms with Gasteiger partial charge in [-0.05, 0) is 12.8 Å². The van der Waals surface area contributed by atoms with Gasteiger partial charge >= 0.3 is 6.03 Å². The van der Waals surface area contributed by atoms with Gasteiger partial charge in [-0.25, -0.2) is 18.3 Å². The lowest BCUT2D eigenvalue weighted by atomic mass is 10.0. The zero-order valence-corrected chi connectivity index (χ0v) is 10.5. The smallest absolute Gasteiger partial charge is 0.309 e. The first-order valence-electron chi connectivity index (χ1n) is 5.35.